The summed E-state index contributed by atoms with van der Waals surface area (Å²) < 4.78 is 0. The van der Waals surface area contributed by atoms with Crippen molar-refractivity contribution < 1.29 is 19.5 Å². The van der Waals surface area contributed by atoms with Crippen LogP contribution in [0, 0.1) is 12.8 Å². The molecule has 1 saturated heterocycles. The van der Waals surface area contributed by atoms with Crippen molar-refractivity contribution in [3.63, 3.8) is 0 Å². The Morgan fingerprint density at radius 2 is 2.18 bits per heavy atom. The molecule has 3 rings (SSSR count). The fraction of sp³-hybridized carbons (Fsp3) is 0.312. The Balaban J connectivity index is 2.04. The number of ketones is 1. The number of Topliss-reactive ketones (excluding diaryl/α,β-unsaturated/α-hetero) is 1. The number of carbonyl (C=O) groups is 3. The summed E-state index contributed by atoms with van der Waals surface area (Å²) in [5, 5.41) is 9.70. The fourth-order valence-corrected chi connectivity index (χ4v) is 4.06. The largest absolute Gasteiger partial charge is 0.481 e. The quantitative estimate of drug-likeness (QED) is 0.861. The highest BCUT2D eigenvalue weighted by Crippen LogP contribution is 2.43. The SMILES string of the molecule is Cc1cccc(C(=O)C2=C3SCCN3C(=O)C2CC(=O)O)c1. The summed E-state index contributed by atoms with van der Waals surface area (Å²) in [5.74, 6) is -1.70. The lowest BCUT2D eigenvalue weighted by molar-refractivity contribution is -0.141. The first-order valence-corrected chi connectivity index (χ1v) is 7.99. The number of rotatable bonds is 4. The molecule has 22 heavy (non-hydrogen) atoms. The predicted octanol–water partition coefficient (Wildman–Crippen LogP) is 2.07. The van der Waals surface area contributed by atoms with Gasteiger partial charge in [0, 0.05) is 23.4 Å². The summed E-state index contributed by atoms with van der Waals surface area (Å²) in [6.45, 7) is 2.43. The Bertz CT molecular complexity index is 710. The van der Waals surface area contributed by atoms with Crippen LogP contribution < -0.4 is 0 Å². The van der Waals surface area contributed by atoms with Gasteiger partial charge in [0.15, 0.2) is 5.78 Å². The lowest BCUT2D eigenvalue weighted by Gasteiger charge is -2.12. The van der Waals surface area contributed by atoms with Gasteiger partial charge in [0.1, 0.15) is 0 Å². The number of carboxylic acid groups (broad SMARTS) is 1. The summed E-state index contributed by atoms with van der Waals surface area (Å²) in [4.78, 5) is 37.9. The lowest BCUT2D eigenvalue weighted by atomic mass is 9.91. The molecule has 0 bridgehead atoms. The van der Waals surface area contributed by atoms with E-state index in [1.54, 1.807) is 23.1 Å². The van der Waals surface area contributed by atoms with Crippen molar-refractivity contribution in [3.8, 4) is 0 Å². The van der Waals surface area contributed by atoms with Crippen molar-refractivity contribution >= 4 is 29.4 Å². The zero-order valence-electron chi connectivity index (χ0n) is 12.0. The molecule has 1 aromatic rings. The Morgan fingerprint density at radius 1 is 1.41 bits per heavy atom. The zero-order chi connectivity index (χ0) is 15.9. The highest BCUT2D eigenvalue weighted by molar-refractivity contribution is 8.03. The fourth-order valence-electron chi connectivity index (χ4n) is 2.87. The van der Waals surface area contributed by atoms with Crippen molar-refractivity contribution in [2.75, 3.05) is 12.3 Å². The standard InChI is InChI=1S/C16H15NO4S/c1-9-3-2-4-10(7-9)14(20)13-11(8-12(18)19)15(21)17-5-6-22-16(13)17/h2-4,7,11H,5-6,8H2,1H3,(H,18,19). The molecular formula is C16H15NO4S. The number of carboxylic acids is 1. The van der Waals surface area contributed by atoms with Gasteiger partial charge in [-0.05, 0) is 13.0 Å². The van der Waals surface area contributed by atoms with Crippen LogP contribution in [0.4, 0.5) is 0 Å². The molecular weight excluding hydrogens is 302 g/mol. The second-order valence-electron chi connectivity index (χ2n) is 5.41. The molecule has 0 aliphatic carbocycles. The summed E-state index contributed by atoms with van der Waals surface area (Å²) in [6.07, 6.45) is -0.341. The molecule has 0 radical (unpaired) electrons. The topological polar surface area (TPSA) is 74.7 Å². The van der Waals surface area contributed by atoms with E-state index in [-0.39, 0.29) is 18.1 Å². The molecule has 0 spiro atoms. The minimum absolute atomic E-state index is 0.241. The van der Waals surface area contributed by atoms with Gasteiger partial charge in [-0.1, -0.05) is 23.8 Å². The number of thioether (sulfide) groups is 1. The van der Waals surface area contributed by atoms with Crippen LogP contribution in [0.1, 0.15) is 22.3 Å². The van der Waals surface area contributed by atoms with Gasteiger partial charge in [-0.3, -0.25) is 14.4 Å². The number of aliphatic carboxylic acids is 1. The maximum Gasteiger partial charge on any atom is 0.304 e. The van der Waals surface area contributed by atoms with E-state index in [4.69, 9.17) is 5.11 Å². The third-order valence-electron chi connectivity index (χ3n) is 3.85. The van der Waals surface area contributed by atoms with Gasteiger partial charge >= 0.3 is 5.97 Å². The minimum atomic E-state index is -1.07. The average Bonchev–Trinajstić information content (AvgIpc) is 3.02. The molecule has 2 heterocycles. The molecule has 1 unspecified atom stereocenters. The van der Waals surface area contributed by atoms with Gasteiger partial charge in [0.25, 0.3) is 0 Å². The number of carbonyl (C=O) groups excluding carboxylic acids is 2. The molecule has 2 aliphatic rings. The monoisotopic (exact) mass is 317 g/mol. The van der Waals surface area contributed by atoms with Crippen molar-refractivity contribution in [1.29, 1.82) is 0 Å². The number of aryl methyl sites for hydroxylation is 1. The van der Waals surface area contributed by atoms with Crippen molar-refractivity contribution in [2.24, 2.45) is 5.92 Å². The average molecular weight is 317 g/mol. The Morgan fingerprint density at radius 3 is 2.86 bits per heavy atom. The summed E-state index contributed by atoms with van der Waals surface area (Å²) >= 11 is 1.45. The van der Waals surface area contributed by atoms with Crippen LogP contribution in [-0.2, 0) is 9.59 Å². The highest BCUT2D eigenvalue weighted by atomic mass is 32.2. The molecule has 1 atom stereocenters. The molecule has 0 aromatic heterocycles. The first-order chi connectivity index (χ1) is 10.5. The van der Waals surface area contributed by atoms with E-state index >= 15 is 0 Å². The molecule has 2 aliphatic heterocycles. The molecule has 1 fully saturated rings. The van der Waals surface area contributed by atoms with Crippen LogP contribution in [0.15, 0.2) is 34.9 Å². The van der Waals surface area contributed by atoms with E-state index in [1.807, 2.05) is 13.0 Å². The highest BCUT2D eigenvalue weighted by Gasteiger charge is 2.45. The van der Waals surface area contributed by atoms with Crippen LogP contribution in [0.5, 0.6) is 0 Å². The third-order valence-corrected chi connectivity index (χ3v) is 4.95. The van der Waals surface area contributed by atoms with E-state index in [0.29, 0.717) is 22.7 Å². The zero-order valence-corrected chi connectivity index (χ0v) is 12.9. The summed E-state index contributed by atoms with van der Waals surface area (Å²) in [6, 6.07) is 7.14. The van der Waals surface area contributed by atoms with Crippen LogP contribution in [0.2, 0.25) is 0 Å². The Hall–Kier alpha value is -2.08. The van der Waals surface area contributed by atoms with E-state index < -0.39 is 11.9 Å². The number of hydrogen-bond acceptors (Lipinski definition) is 4. The van der Waals surface area contributed by atoms with Gasteiger partial charge in [-0.15, -0.1) is 11.8 Å². The number of amides is 1. The molecule has 5 nitrogen and oxygen atoms in total. The normalized spacial score (nSPS) is 20.5. The molecule has 1 N–H and O–H groups in total. The van der Waals surface area contributed by atoms with E-state index in [0.717, 1.165) is 11.3 Å². The van der Waals surface area contributed by atoms with E-state index in [9.17, 15) is 14.4 Å². The van der Waals surface area contributed by atoms with Gasteiger partial charge in [0.2, 0.25) is 5.91 Å². The molecule has 6 heteroatoms. The van der Waals surface area contributed by atoms with Crippen LogP contribution in [-0.4, -0.2) is 40.0 Å². The smallest absolute Gasteiger partial charge is 0.304 e. The van der Waals surface area contributed by atoms with Gasteiger partial charge < -0.3 is 10.0 Å². The molecule has 1 aromatic carbocycles. The van der Waals surface area contributed by atoms with Crippen molar-refractivity contribution in [3.05, 3.63) is 46.0 Å². The van der Waals surface area contributed by atoms with E-state index in [1.165, 1.54) is 11.8 Å². The van der Waals surface area contributed by atoms with Gasteiger partial charge in [-0.2, -0.15) is 0 Å². The first kappa shape index (κ1) is 14.8. The maximum absolute atomic E-state index is 12.8. The summed E-state index contributed by atoms with van der Waals surface area (Å²) in [7, 11) is 0. The number of nitrogens with zero attached hydrogens (tertiary/aromatic N) is 1. The predicted molar refractivity (Wildman–Crippen MR) is 82.4 cm³/mol. The third kappa shape index (κ3) is 2.43. The minimum Gasteiger partial charge on any atom is -0.481 e. The van der Waals surface area contributed by atoms with Gasteiger partial charge in [-0.25, -0.2) is 0 Å². The van der Waals surface area contributed by atoms with Crippen LogP contribution in [0.25, 0.3) is 0 Å². The van der Waals surface area contributed by atoms with Crippen LogP contribution in [0.3, 0.4) is 0 Å². The molecule has 114 valence electrons. The van der Waals surface area contributed by atoms with Crippen molar-refractivity contribution in [1.82, 2.24) is 4.90 Å². The Labute approximate surface area is 132 Å². The first-order valence-electron chi connectivity index (χ1n) is 7.00. The molecule has 0 saturated carbocycles. The van der Waals surface area contributed by atoms with Gasteiger partial charge in [0.05, 0.1) is 17.4 Å². The lowest BCUT2D eigenvalue weighted by Crippen LogP contribution is -2.29. The maximum atomic E-state index is 12.8. The van der Waals surface area contributed by atoms with Crippen LogP contribution >= 0.6 is 11.8 Å². The number of hydrogen-bond donors (Lipinski definition) is 1. The number of fused-ring (bicyclic) bond motifs is 1. The van der Waals surface area contributed by atoms with Crippen molar-refractivity contribution in [2.45, 2.75) is 13.3 Å². The Kier molecular flexibility index (Phi) is 3.78. The molecule has 1 amide bonds. The summed E-state index contributed by atoms with van der Waals surface area (Å²) in [5.41, 5.74) is 1.80. The van der Waals surface area contributed by atoms with E-state index in [2.05, 4.69) is 0 Å². The second kappa shape index (κ2) is 5.61. The number of benzene rings is 1. The second-order valence-corrected chi connectivity index (χ2v) is 6.49.